The molecule has 1 unspecified atom stereocenters. The summed E-state index contributed by atoms with van der Waals surface area (Å²) in [5, 5.41) is 3.34. The van der Waals surface area contributed by atoms with E-state index >= 15 is 0 Å². The number of para-hydroxylation sites is 1. The molecule has 0 aliphatic carbocycles. The van der Waals surface area contributed by atoms with E-state index in [0.717, 1.165) is 16.2 Å². The summed E-state index contributed by atoms with van der Waals surface area (Å²) in [6.45, 7) is 0.138. The summed E-state index contributed by atoms with van der Waals surface area (Å²) >= 11 is 1.65. The van der Waals surface area contributed by atoms with E-state index in [1.165, 1.54) is 16.7 Å². The molecule has 2 N–H and O–H groups in total. The van der Waals surface area contributed by atoms with Gasteiger partial charge in [-0.25, -0.2) is 9.18 Å². The van der Waals surface area contributed by atoms with Gasteiger partial charge in [-0.15, -0.1) is 11.8 Å². The van der Waals surface area contributed by atoms with Crippen LogP contribution in [0.5, 0.6) is 0 Å². The van der Waals surface area contributed by atoms with Gasteiger partial charge in [0, 0.05) is 23.6 Å². The van der Waals surface area contributed by atoms with Crippen LogP contribution >= 0.6 is 11.8 Å². The van der Waals surface area contributed by atoms with Crippen molar-refractivity contribution in [1.82, 2.24) is 14.9 Å². The second-order valence-corrected chi connectivity index (χ2v) is 7.75. The van der Waals surface area contributed by atoms with E-state index in [9.17, 15) is 18.8 Å². The molecule has 28 heavy (non-hydrogen) atoms. The SMILES string of the molecule is O=C(CCn1c(=O)[nH]c(=O)c2ccccc21)NC1CCSc2ccc(F)cc21. The van der Waals surface area contributed by atoms with Crippen LogP contribution in [0.1, 0.15) is 24.4 Å². The lowest BCUT2D eigenvalue weighted by molar-refractivity contribution is -0.122. The third-order valence-corrected chi connectivity index (χ3v) is 5.94. The molecule has 1 amide bonds. The maximum absolute atomic E-state index is 13.6. The number of aromatic nitrogens is 2. The third kappa shape index (κ3) is 3.60. The molecule has 1 aliphatic heterocycles. The van der Waals surface area contributed by atoms with Crippen molar-refractivity contribution >= 4 is 28.6 Å². The van der Waals surface area contributed by atoms with Crippen molar-refractivity contribution in [2.75, 3.05) is 5.75 Å². The number of hydrogen-bond acceptors (Lipinski definition) is 4. The lowest BCUT2D eigenvalue weighted by atomic mass is 10.0. The highest BCUT2D eigenvalue weighted by atomic mass is 32.2. The number of rotatable bonds is 4. The predicted molar refractivity (Wildman–Crippen MR) is 106 cm³/mol. The van der Waals surface area contributed by atoms with Gasteiger partial charge >= 0.3 is 5.69 Å². The molecule has 1 aromatic heterocycles. The highest BCUT2D eigenvalue weighted by Gasteiger charge is 2.23. The van der Waals surface area contributed by atoms with Gasteiger partial charge in [0.2, 0.25) is 5.91 Å². The summed E-state index contributed by atoms with van der Waals surface area (Å²) in [6, 6.07) is 11.1. The first-order valence-corrected chi connectivity index (χ1v) is 9.95. The fourth-order valence-corrected chi connectivity index (χ4v) is 4.57. The first-order valence-electron chi connectivity index (χ1n) is 8.96. The molecule has 0 saturated heterocycles. The number of hydrogen-bond donors (Lipinski definition) is 2. The molecule has 8 heteroatoms. The van der Waals surface area contributed by atoms with Crippen molar-refractivity contribution in [2.24, 2.45) is 0 Å². The normalized spacial score (nSPS) is 16.0. The number of benzene rings is 2. The molecule has 3 aromatic rings. The molecule has 144 valence electrons. The van der Waals surface area contributed by atoms with Crippen LogP contribution in [0.15, 0.2) is 56.9 Å². The number of aromatic amines is 1. The number of halogens is 1. The van der Waals surface area contributed by atoms with Crippen molar-refractivity contribution in [3.05, 3.63) is 74.7 Å². The van der Waals surface area contributed by atoms with E-state index in [2.05, 4.69) is 10.3 Å². The number of nitrogens with one attached hydrogen (secondary N) is 2. The van der Waals surface area contributed by atoms with Crippen LogP contribution in [0.2, 0.25) is 0 Å². The van der Waals surface area contributed by atoms with E-state index in [-0.39, 0.29) is 30.7 Å². The quantitative estimate of drug-likeness (QED) is 0.706. The Morgan fingerprint density at radius 3 is 2.93 bits per heavy atom. The summed E-state index contributed by atoms with van der Waals surface area (Å²) < 4.78 is 15.0. The fraction of sp³-hybridized carbons (Fsp3) is 0.250. The zero-order valence-electron chi connectivity index (χ0n) is 14.9. The van der Waals surface area contributed by atoms with Crippen LogP contribution in [-0.4, -0.2) is 21.2 Å². The van der Waals surface area contributed by atoms with Crippen LogP contribution in [0, 0.1) is 5.82 Å². The number of nitrogens with zero attached hydrogens (tertiary/aromatic N) is 1. The minimum absolute atomic E-state index is 0.0736. The summed E-state index contributed by atoms with van der Waals surface area (Å²) in [5.41, 5.74) is 0.291. The molecule has 6 nitrogen and oxygen atoms in total. The Balaban J connectivity index is 1.51. The minimum atomic E-state index is -0.544. The molecule has 2 aromatic carbocycles. The average molecular weight is 399 g/mol. The van der Waals surface area contributed by atoms with Gasteiger partial charge in [0.25, 0.3) is 5.56 Å². The van der Waals surface area contributed by atoms with Gasteiger partial charge in [-0.3, -0.25) is 19.1 Å². The highest BCUT2D eigenvalue weighted by molar-refractivity contribution is 7.99. The summed E-state index contributed by atoms with van der Waals surface area (Å²) in [6.07, 6.45) is 0.790. The van der Waals surface area contributed by atoms with E-state index in [4.69, 9.17) is 0 Å². The number of carbonyl (C=O) groups is 1. The molecule has 0 radical (unpaired) electrons. The lowest BCUT2D eigenvalue weighted by Gasteiger charge is -2.26. The fourth-order valence-electron chi connectivity index (χ4n) is 3.46. The maximum Gasteiger partial charge on any atom is 0.328 e. The van der Waals surface area contributed by atoms with Gasteiger partial charge in [-0.05, 0) is 42.3 Å². The molecule has 2 heterocycles. The molecule has 0 saturated carbocycles. The van der Waals surface area contributed by atoms with E-state index in [0.29, 0.717) is 17.3 Å². The number of fused-ring (bicyclic) bond motifs is 2. The predicted octanol–water partition coefficient (Wildman–Crippen LogP) is 2.57. The van der Waals surface area contributed by atoms with Crippen LogP contribution in [0.4, 0.5) is 4.39 Å². The number of amides is 1. The van der Waals surface area contributed by atoms with Crippen molar-refractivity contribution in [3.8, 4) is 0 Å². The summed E-state index contributed by atoms with van der Waals surface area (Å²) in [5.74, 6) is 0.286. The van der Waals surface area contributed by atoms with Crippen LogP contribution < -0.4 is 16.6 Å². The largest absolute Gasteiger partial charge is 0.349 e. The minimum Gasteiger partial charge on any atom is -0.349 e. The number of carbonyl (C=O) groups excluding carboxylic acids is 1. The van der Waals surface area contributed by atoms with E-state index < -0.39 is 11.2 Å². The highest BCUT2D eigenvalue weighted by Crippen LogP contribution is 2.36. The second-order valence-electron chi connectivity index (χ2n) is 6.62. The average Bonchev–Trinajstić information content (AvgIpc) is 2.68. The van der Waals surface area contributed by atoms with Crippen LogP contribution in [0.25, 0.3) is 10.9 Å². The molecular formula is C20H18FN3O3S. The molecule has 0 bridgehead atoms. The van der Waals surface area contributed by atoms with Gasteiger partial charge in [0.05, 0.1) is 16.9 Å². The standard InChI is InChI=1S/C20H18FN3O3S/c21-12-5-6-17-14(11-12)15(8-10-28-17)22-18(25)7-9-24-16-4-2-1-3-13(16)19(26)23-20(24)27/h1-6,11,15H,7-10H2,(H,22,25)(H,23,26,27). The van der Waals surface area contributed by atoms with Gasteiger partial charge in [-0.2, -0.15) is 0 Å². The first-order chi connectivity index (χ1) is 13.5. The van der Waals surface area contributed by atoms with Crippen molar-refractivity contribution in [3.63, 3.8) is 0 Å². The zero-order chi connectivity index (χ0) is 19.7. The smallest absolute Gasteiger partial charge is 0.328 e. The van der Waals surface area contributed by atoms with Crippen LogP contribution in [-0.2, 0) is 11.3 Å². The second kappa shape index (κ2) is 7.63. The third-order valence-electron chi connectivity index (χ3n) is 4.81. The lowest BCUT2D eigenvalue weighted by Crippen LogP contribution is -2.34. The molecule has 0 spiro atoms. The Bertz CT molecular complexity index is 1170. The Labute approximate surface area is 163 Å². The molecule has 4 rings (SSSR count). The maximum atomic E-state index is 13.6. The van der Waals surface area contributed by atoms with Gasteiger partial charge in [0.1, 0.15) is 5.82 Å². The zero-order valence-corrected chi connectivity index (χ0v) is 15.7. The Morgan fingerprint density at radius 2 is 2.07 bits per heavy atom. The summed E-state index contributed by atoms with van der Waals surface area (Å²) in [4.78, 5) is 39.9. The van der Waals surface area contributed by atoms with Gasteiger partial charge < -0.3 is 5.32 Å². The molecule has 0 fully saturated rings. The first kappa shape index (κ1) is 18.5. The Hall–Kier alpha value is -2.87. The monoisotopic (exact) mass is 399 g/mol. The number of aryl methyl sites for hydroxylation is 1. The van der Waals surface area contributed by atoms with Gasteiger partial charge in [-0.1, -0.05) is 12.1 Å². The molecular weight excluding hydrogens is 381 g/mol. The topological polar surface area (TPSA) is 84.0 Å². The molecule has 1 atom stereocenters. The van der Waals surface area contributed by atoms with Crippen molar-refractivity contribution in [1.29, 1.82) is 0 Å². The van der Waals surface area contributed by atoms with E-state index in [1.807, 2.05) is 0 Å². The molecule has 1 aliphatic rings. The number of H-pyrrole nitrogens is 1. The Kier molecular flexibility index (Phi) is 5.04. The van der Waals surface area contributed by atoms with Gasteiger partial charge in [0.15, 0.2) is 0 Å². The van der Waals surface area contributed by atoms with E-state index in [1.54, 1.807) is 42.1 Å². The van der Waals surface area contributed by atoms with Crippen LogP contribution in [0.3, 0.4) is 0 Å². The Morgan fingerprint density at radius 1 is 1.25 bits per heavy atom. The van der Waals surface area contributed by atoms with Crippen molar-refractivity contribution < 1.29 is 9.18 Å². The summed E-state index contributed by atoms with van der Waals surface area (Å²) in [7, 11) is 0. The number of thioether (sulfide) groups is 1. The van der Waals surface area contributed by atoms with Crippen molar-refractivity contribution in [2.45, 2.75) is 30.3 Å².